The number of nitrogens with one attached hydrogen (secondary N) is 1. The van der Waals surface area contributed by atoms with E-state index in [1.165, 1.54) is 69.8 Å². The summed E-state index contributed by atoms with van der Waals surface area (Å²) < 4.78 is 0. The van der Waals surface area contributed by atoms with Gasteiger partial charge in [-0.25, -0.2) is 0 Å². The van der Waals surface area contributed by atoms with Crippen LogP contribution in [-0.4, -0.2) is 6.54 Å². The van der Waals surface area contributed by atoms with E-state index in [1.807, 2.05) is 0 Å². The molecule has 0 aromatic heterocycles. The van der Waals surface area contributed by atoms with Gasteiger partial charge in [-0.05, 0) is 31.4 Å². The smallest absolute Gasteiger partial charge is 0.0429 e. The van der Waals surface area contributed by atoms with Gasteiger partial charge in [0.05, 0.1) is 0 Å². The maximum Gasteiger partial charge on any atom is 0.0429 e. The first-order valence-electron chi connectivity index (χ1n) is 10.6. The van der Waals surface area contributed by atoms with Gasteiger partial charge in [0.1, 0.15) is 0 Å². The molecule has 0 aliphatic heterocycles. The summed E-state index contributed by atoms with van der Waals surface area (Å²) in [5.74, 6) is 0. The van der Waals surface area contributed by atoms with Gasteiger partial charge < -0.3 is 5.32 Å². The first kappa shape index (κ1) is 21.2. The summed E-state index contributed by atoms with van der Waals surface area (Å²) >= 11 is 0. The highest BCUT2D eigenvalue weighted by molar-refractivity contribution is 5.24. The normalized spacial score (nSPS) is 11.8. The van der Waals surface area contributed by atoms with Crippen LogP contribution < -0.4 is 5.32 Å². The van der Waals surface area contributed by atoms with E-state index in [0.29, 0.717) is 0 Å². The number of benzene rings is 1. The van der Waals surface area contributed by atoms with E-state index in [9.17, 15) is 0 Å². The van der Waals surface area contributed by atoms with E-state index < -0.39 is 0 Å². The van der Waals surface area contributed by atoms with Crippen molar-refractivity contribution in [2.45, 2.75) is 103 Å². The van der Waals surface area contributed by atoms with Crippen molar-refractivity contribution in [3.63, 3.8) is 0 Å². The third-order valence-electron chi connectivity index (χ3n) is 5.53. The van der Waals surface area contributed by atoms with Crippen molar-refractivity contribution < 1.29 is 0 Å². The van der Waals surface area contributed by atoms with E-state index in [2.05, 4.69) is 56.4 Å². The van der Waals surface area contributed by atoms with Crippen molar-refractivity contribution in [1.29, 1.82) is 0 Å². The van der Waals surface area contributed by atoms with Crippen LogP contribution in [0.4, 0.5) is 0 Å². The second-order valence-corrected chi connectivity index (χ2v) is 7.26. The fourth-order valence-electron chi connectivity index (χ4n) is 3.71. The molecule has 1 aromatic rings. The summed E-state index contributed by atoms with van der Waals surface area (Å²) in [4.78, 5) is 0. The molecule has 0 aliphatic rings. The van der Waals surface area contributed by atoms with Crippen LogP contribution in [0.15, 0.2) is 30.3 Å². The monoisotopic (exact) mass is 331 g/mol. The Morgan fingerprint density at radius 3 is 1.67 bits per heavy atom. The van der Waals surface area contributed by atoms with Crippen LogP contribution in [0.1, 0.15) is 103 Å². The number of unbranched alkanes of at least 4 members (excludes halogenated alkanes) is 9. The van der Waals surface area contributed by atoms with Crippen molar-refractivity contribution >= 4 is 0 Å². The van der Waals surface area contributed by atoms with Crippen molar-refractivity contribution in [3.05, 3.63) is 35.9 Å². The molecule has 0 saturated carbocycles. The van der Waals surface area contributed by atoms with E-state index in [1.54, 1.807) is 0 Å². The second-order valence-electron chi connectivity index (χ2n) is 7.26. The molecule has 138 valence electrons. The maximum atomic E-state index is 3.87. The average molecular weight is 332 g/mol. The summed E-state index contributed by atoms with van der Waals surface area (Å²) in [5.41, 5.74) is 1.61. The molecule has 1 heteroatoms. The van der Waals surface area contributed by atoms with E-state index in [-0.39, 0.29) is 5.54 Å². The highest BCUT2D eigenvalue weighted by Crippen LogP contribution is 2.28. The van der Waals surface area contributed by atoms with E-state index in [0.717, 1.165) is 19.4 Å². The van der Waals surface area contributed by atoms with Crippen LogP contribution in [0.3, 0.4) is 0 Å². The zero-order valence-electron chi connectivity index (χ0n) is 16.6. The van der Waals surface area contributed by atoms with Gasteiger partial charge in [0.25, 0.3) is 0 Å². The summed E-state index contributed by atoms with van der Waals surface area (Å²) in [5, 5.41) is 3.87. The van der Waals surface area contributed by atoms with Gasteiger partial charge in [-0.1, -0.05) is 109 Å². The molecule has 0 heterocycles. The first-order chi connectivity index (χ1) is 11.8. The third-order valence-corrected chi connectivity index (χ3v) is 5.53. The average Bonchev–Trinajstić information content (AvgIpc) is 2.64. The van der Waals surface area contributed by atoms with Gasteiger partial charge in [0.2, 0.25) is 0 Å². The molecule has 1 nitrogen and oxygen atoms in total. The predicted octanol–water partition coefficient (Wildman–Crippen LogP) is 7.21. The lowest BCUT2D eigenvalue weighted by Gasteiger charge is -2.34. The van der Waals surface area contributed by atoms with Crippen molar-refractivity contribution in [2.24, 2.45) is 0 Å². The Labute approximate surface area is 151 Å². The SMILES string of the molecule is CCCCCCCCCCCCNC(CC)(CC)c1ccccc1. The molecule has 0 atom stereocenters. The van der Waals surface area contributed by atoms with Crippen LogP contribution >= 0.6 is 0 Å². The lowest BCUT2D eigenvalue weighted by Crippen LogP contribution is -2.41. The molecule has 0 amide bonds. The zero-order chi connectivity index (χ0) is 17.5. The molecule has 0 saturated heterocycles. The summed E-state index contributed by atoms with van der Waals surface area (Å²) in [6, 6.07) is 11.0. The van der Waals surface area contributed by atoms with Gasteiger partial charge in [-0.2, -0.15) is 0 Å². The molecular weight excluding hydrogens is 290 g/mol. The second kappa shape index (κ2) is 13.5. The molecule has 1 rings (SSSR count). The van der Waals surface area contributed by atoms with Gasteiger partial charge in [0.15, 0.2) is 0 Å². The van der Waals surface area contributed by atoms with Crippen LogP contribution in [-0.2, 0) is 5.54 Å². The summed E-state index contributed by atoms with van der Waals surface area (Å²) in [6.07, 6.45) is 16.4. The van der Waals surface area contributed by atoms with Gasteiger partial charge in [-0.3, -0.25) is 0 Å². The Morgan fingerprint density at radius 2 is 1.17 bits per heavy atom. The maximum absolute atomic E-state index is 3.87. The van der Waals surface area contributed by atoms with Crippen molar-refractivity contribution in [1.82, 2.24) is 5.32 Å². The minimum Gasteiger partial charge on any atom is -0.307 e. The number of rotatable bonds is 15. The van der Waals surface area contributed by atoms with Gasteiger partial charge in [-0.15, -0.1) is 0 Å². The number of hydrogen-bond acceptors (Lipinski definition) is 1. The molecule has 0 radical (unpaired) electrons. The van der Waals surface area contributed by atoms with Crippen molar-refractivity contribution in [2.75, 3.05) is 6.54 Å². The number of hydrogen-bond donors (Lipinski definition) is 1. The van der Waals surface area contributed by atoms with E-state index >= 15 is 0 Å². The molecule has 1 aromatic carbocycles. The lowest BCUT2D eigenvalue weighted by atomic mass is 9.84. The fourth-order valence-corrected chi connectivity index (χ4v) is 3.71. The van der Waals surface area contributed by atoms with Crippen LogP contribution in [0, 0.1) is 0 Å². The highest BCUT2D eigenvalue weighted by atomic mass is 15.0. The molecule has 0 unspecified atom stereocenters. The Bertz CT molecular complexity index is 380. The Balaban J connectivity index is 2.14. The highest BCUT2D eigenvalue weighted by Gasteiger charge is 2.26. The molecular formula is C23H41N. The van der Waals surface area contributed by atoms with Gasteiger partial charge in [0, 0.05) is 5.54 Å². The van der Waals surface area contributed by atoms with Crippen LogP contribution in [0.25, 0.3) is 0 Å². The van der Waals surface area contributed by atoms with Gasteiger partial charge >= 0.3 is 0 Å². The minimum absolute atomic E-state index is 0.167. The Hall–Kier alpha value is -0.820. The summed E-state index contributed by atoms with van der Waals surface area (Å²) in [7, 11) is 0. The zero-order valence-corrected chi connectivity index (χ0v) is 16.6. The minimum atomic E-state index is 0.167. The van der Waals surface area contributed by atoms with E-state index in [4.69, 9.17) is 0 Å². The quantitative estimate of drug-likeness (QED) is 0.335. The molecule has 0 aliphatic carbocycles. The lowest BCUT2D eigenvalue weighted by molar-refractivity contribution is 0.305. The predicted molar refractivity (Wildman–Crippen MR) is 109 cm³/mol. The Morgan fingerprint density at radius 1 is 0.667 bits per heavy atom. The fraction of sp³-hybridized carbons (Fsp3) is 0.739. The molecule has 0 spiro atoms. The summed E-state index contributed by atoms with van der Waals surface area (Å²) in [6.45, 7) is 8.05. The molecule has 1 N–H and O–H groups in total. The largest absolute Gasteiger partial charge is 0.307 e. The van der Waals surface area contributed by atoms with Crippen LogP contribution in [0.5, 0.6) is 0 Å². The van der Waals surface area contributed by atoms with Crippen molar-refractivity contribution in [3.8, 4) is 0 Å². The third kappa shape index (κ3) is 7.83. The standard InChI is InChI=1S/C23H41N/c1-4-7-8-9-10-11-12-13-14-18-21-24-23(5-2,6-3)22-19-16-15-17-20-22/h15-17,19-20,24H,4-14,18,21H2,1-3H3. The Kier molecular flexibility index (Phi) is 11.9. The molecule has 0 bridgehead atoms. The first-order valence-corrected chi connectivity index (χ1v) is 10.6. The van der Waals surface area contributed by atoms with Crippen LogP contribution in [0.2, 0.25) is 0 Å². The molecule has 24 heavy (non-hydrogen) atoms. The topological polar surface area (TPSA) is 12.0 Å². The molecule has 0 fully saturated rings.